The van der Waals surface area contributed by atoms with Gasteiger partial charge in [0.15, 0.2) is 6.61 Å². The second-order valence-electron chi connectivity index (χ2n) is 4.73. The molecule has 0 bridgehead atoms. The number of benzene rings is 2. The molecular formula is C17H19NO2S. The molecule has 2 aromatic carbocycles. The van der Waals surface area contributed by atoms with Gasteiger partial charge in [-0.05, 0) is 48.6 Å². The number of carbonyl (C=O) groups excluding carboxylic acids is 1. The van der Waals surface area contributed by atoms with E-state index in [9.17, 15) is 4.79 Å². The third kappa shape index (κ3) is 5.16. The normalized spacial score (nSPS) is 10.2. The van der Waals surface area contributed by atoms with Crippen LogP contribution in [0.5, 0.6) is 5.75 Å². The van der Waals surface area contributed by atoms with Crippen molar-refractivity contribution < 1.29 is 9.53 Å². The quantitative estimate of drug-likeness (QED) is 0.831. The van der Waals surface area contributed by atoms with Crippen molar-refractivity contribution in [3.63, 3.8) is 0 Å². The van der Waals surface area contributed by atoms with Crippen molar-refractivity contribution in [3.8, 4) is 5.75 Å². The van der Waals surface area contributed by atoms with Crippen LogP contribution in [-0.2, 0) is 11.3 Å². The van der Waals surface area contributed by atoms with Gasteiger partial charge in [0.25, 0.3) is 5.91 Å². The van der Waals surface area contributed by atoms with Crippen LogP contribution in [0.2, 0.25) is 0 Å². The minimum atomic E-state index is -0.120. The van der Waals surface area contributed by atoms with Gasteiger partial charge in [-0.3, -0.25) is 4.79 Å². The Morgan fingerprint density at radius 1 is 1.19 bits per heavy atom. The first-order valence-electron chi connectivity index (χ1n) is 6.76. The van der Waals surface area contributed by atoms with Crippen molar-refractivity contribution in [2.45, 2.75) is 18.4 Å². The number of hydrogen-bond acceptors (Lipinski definition) is 3. The van der Waals surface area contributed by atoms with Crippen LogP contribution >= 0.6 is 11.8 Å². The van der Waals surface area contributed by atoms with E-state index in [-0.39, 0.29) is 12.5 Å². The van der Waals surface area contributed by atoms with Crippen molar-refractivity contribution in [1.82, 2.24) is 5.32 Å². The molecule has 4 heteroatoms. The molecule has 0 aliphatic carbocycles. The van der Waals surface area contributed by atoms with Gasteiger partial charge in [0.05, 0.1) is 0 Å². The highest BCUT2D eigenvalue weighted by molar-refractivity contribution is 7.98. The zero-order valence-electron chi connectivity index (χ0n) is 12.3. The predicted octanol–water partition coefficient (Wildman–Crippen LogP) is 3.41. The summed E-state index contributed by atoms with van der Waals surface area (Å²) in [5.41, 5.74) is 2.19. The van der Waals surface area contributed by atoms with E-state index in [2.05, 4.69) is 17.4 Å². The molecule has 0 spiro atoms. The van der Waals surface area contributed by atoms with E-state index >= 15 is 0 Å². The number of ether oxygens (including phenoxy) is 1. The van der Waals surface area contributed by atoms with E-state index < -0.39 is 0 Å². The largest absolute Gasteiger partial charge is 0.484 e. The fourth-order valence-electron chi connectivity index (χ4n) is 1.85. The molecule has 3 nitrogen and oxygen atoms in total. The third-order valence-corrected chi connectivity index (χ3v) is 3.75. The average molecular weight is 301 g/mol. The van der Waals surface area contributed by atoms with Gasteiger partial charge in [0.1, 0.15) is 5.75 Å². The molecule has 0 fully saturated rings. The molecule has 1 amide bonds. The molecular weight excluding hydrogens is 282 g/mol. The summed E-state index contributed by atoms with van der Waals surface area (Å²) in [7, 11) is 0. The summed E-state index contributed by atoms with van der Waals surface area (Å²) in [5.74, 6) is 0.597. The summed E-state index contributed by atoms with van der Waals surface area (Å²) in [6.07, 6.45) is 2.04. The SMILES string of the molecule is CSc1ccc(CNC(=O)COc2cccc(C)c2)cc1. The van der Waals surface area contributed by atoms with E-state index in [1.165, 1.54) is 4.90 Å². The standard InChI is InChI=1S/C17H19NO2S/c1-13-4-3-5-15(10-13)20-12-17(19)18-11-14-6-8-16(21-2)9-7-14/h3-10H,11-12H2,1-2H3,(H,18,19). The molecule has 0 atom stereocenters. The zero-order chi connectivity index (χ0) is 15.1. The van der Waals surface area contributed by atoms with Crippen LogP contribution in [0.25, 0.3) is 0 Å². The lowest BCUT2D eigenvalue weighted by molar-refractivity contribution is -0.123. The first-order valence-corrected chi connectivity index (χ1v) is 7.99. The molecule has 0 unspecified atom stereocenters. The summed E-state index contributed by atoms with van der Waals surface area (Å²) in [5, 5.41) is 2.85. The molecule has 0 aliphatic rings. The molecule has 1 N–H and O–H groups in total. The van der Waals surface area contributed by atoms with Crippen LogP contribution in [0.4, 0.5) is 0 Å². The monoisotopic (exact) mass is 301 g/mol. The molecule has 0 heterocycles. The Balaban J connectivity index is 1.76. The number of rotatable bonds is 6. The topological polar surface area (TPSA) is 38.3 Å². The molecule has 0 aliphatic heterocycles. The fraction of sp³-hybridized carbons (Fsp3) is 0.235. The number of amides is 1. The van der Waals surface area contributed by atoms with E-state index in [4.69, 9.17) is 4.74 Å². The fourth-order valence-corrected chi connectivity index (χ4v) is 2.26. The van der Waals surface area contributed by atoms with E-state index in [1.54, 1.807) is 11.8 Å². The van der Waals surface area contributed by atoms with Crippen LogP contribution < -0.4 is 10.1 Å². The second-order valence-corrected chi connectivity index (χ2v) is 5.61. The number of aryl methyl sites for hydroxylation is 1. The number of nitrogens with one attached hydrogen (secondary N) is 1. The van der Waals surface area contributed by atoms with Crippen LogP contribution in [0.1, 0.15) is 11.1 Å². The first-order chi connectivity index (χ1) is 10.2. The van der Waals surface area contributed by atoms with Crippen LogP contribution in [0.15, 0.2) is 53.4 Å². The Morgan fingerprint density at radius 2 is 1.95 bits per heavy atom. The molecule has 0 aromatic heterocycles. The molecule has 2 rings (SSSR count). The Bertz CT molecular complexity index is 596. The molecule has 21 heavy (non-hydrogen) atoms. The van der Waals surface area contributed by atoms with Crippen molar-refractivity contribution in [3.05, 3.63) is 59.7 Å². The summed E-state index contributed by atoms with van der Waals surface area (Å²) in [6, 6.07) is 15.8. The van der Waals surface area contributed by atoms with Crippen molar-refractivity contribution >= 4 is 17.7 Å². The molecule has 2 aromatic rings. The number of carbonyl (C=O) groups is 1. The molecule has 0 saturated heterocycles. The van der Waals surface area contributed by atoms with E-state index in [1.807, 2.05) is 49.6 Å². The van der Waals surface area contributed by atoms with Crippen LogP contribution in [0.3, 0.4) is 0 Å². The molecule has 0 saturated carbocycles. The van der Waals surface area contributed by atoms with Gasteiger partial charge in [-0.1, -0.05) is 24.3 Å². The smallest absolute Gasteiger partial charge is 0.258 e. The highest BCUT2D eigenvalue weighted by Crippen LogP contribution is 2.15. The van der Waals surface area contributed by atoms with Crippen LogP contribution in [0, 0.1) is 6.92 Å². The summed E-state index contributed by atoms with van der Waals surface area (Å²) in [4.78, 5) is 13.0. The maximum absolute atomic E-state index is 11.8. The van der Waals surface area contributed by atoms with Gasteiger partial charge >= 0.3 is 0 Å². The lowest BCUT2D eigenvalue weighted by Crippen LogP contribution is -2.28. The van der Waals surface area contributed by atoms with Gasteiger partial charge in [0, 0.05) is 11.4 Å². The van der Waals surface area contributed by atoms with Crippen LogP contribution in [-0.4, -0.2) is 18.8 Å². The highest BCUT2D eigenvalue weighted by Gasteiger charge is 2.03. The summed E-state index contributed by atoms with van der Waals surface area (Å²) >= 11 is 1.70. The lowest BCUT2D eigenvalue weighted by Gasteiger charge is -2.08. The molecule has 0 radical (unpaired) electrons. The Hall–Kier alpha value is -1.94. The Morgan fingerprint density at radius 3 is 2.62 bits per heavy atom. The van der Waals surface area contributed by atoms with Gasteiger partial charge in [-0.15, -0.1) is 11.8 Å². The zero-order valence-corrected chi connectivity index (χ0v) is 13.1. The molecule has 110 valence electrons. The van der Waals surface area contributed by atoms with Crippen molar-refractivity contribution in [2.75, 3.05) is 12.9 Å². The van der Waals surface area contributed by atoms with Gasteiger partial charge in [-0.25, -0.2) is 0 Å². The first kappa shape index (κ1) is 15.4. The van der Waals surface area contributed by atoms with Gasteiger partial charge in [-0.2, -0.15) is 0 Å². The minimum Gasteiger partial charge on any atom is -0.484 e. The van der Waals surface area contributed by atoms with Gasteiger partial charge < -0.3 is 10.1 Å². The van der Waals surface area contributed by atoms with E-state index in [0.717, 1.165) is 16.9 Å². The van der Waals surface area contributed by atoms with Crippen molar-refractivity contribution in [1.29, 1.82) is 0 Å². The second kappa shape index (κ2) is 7.74. The maximum Gasteiger partial charge on any atom is 0.258 e. The summed E-state index contributed by atoms with van der Waals surface area (Å²) < 4.78 is 5.46. The maximum atomic E-state index is 11.8. The van der Waals surface area contributed by atoms with E-state index in [0.29, 0.717) is 6.54 Å². The van der Waals surface area contributed by atoms with Crippen molar-refractivity contribution in [2.24, 2.45) is 0 Å². The lowest BCUT2D eigenvalue weighted by atomic mass is 10.2. The number of thioether (sulfide) groups is 1. The average Bonchev–Trinajstić information content (AvgIpc) is 2.51. The predicted molar refractivity (Wildman–Crippen MR) is 86.7 cm³/mol. The summed E-state index contributed by atoms with van der Waals surface area (Å²) in [6.45, 7) is 2.54. The number of hydrogen-bond donors (Lipinski definition) is 1. The van der Waals surface area contributed by atoms with Gasteiger partial charge in [0.2, 0.25) is 0 Å². The third-order valence-electron chi connectivity index (χ3n) is 3.01. The highest BCUT2D eigenvalue weighted by atomic mass is 32.2. The Kier molecular flexibility index (Phi) is 5.69. The Labute approximate surface area is 129 Å². The minimum absolute atomic E-state index is 0.0341.